The molecule has 342 valence electrons. The minimum atomic E-state index is 0.339. The first-order chi connectivity index (χ1) is 27.2. The van der Waals surface area contributed by atoms with Gasteiger partial charge in [-0.05, 0) is 78.3 Å². The first-order valence-electron chi connectivity index (χ1n) is 25.7. The molecule has 0 radical (unpaired) electrons. The van der Waals surface area contributed by atoms with E-state index < -0.39 is 0 Å². The monoisotopic (exact) mass is 794 g/mol. The summed E-state index contributed by atoms with van der Waals surface area (Å²) in [6.45, 7) is 29.5. The molecule has 1 fully saturated rings. The van der Waals surface area contributed by atoms with E-state index in [2.05, 4.69) is 91.8 Å². The third-order valence-corrected chi connectivity index (χ3v) is 10.1. The van der Waals surface area contributed by atoms with E-state index in [1.807, 2.05) is 41.5 Å². The van der Waals surface area contributed by atoms with Gasteiger partial charge in [-0.2, -0.15) is 0 Å². The summed E-state index contributed by atoms with van der Waals surface area (Å²) in [5.74, 6) is 1.67. The van der Waals surface area contributed by atoms with Crippen molar-refractivity contribution < 1.29 is 4.79 Å². The molecule has 0 aliphatic heterocycles. The Morgan fingerprint density at radius 1 is 0.536 bits per heavy atom. The third kappa shape index (κ3) is 65.0. The zero-order valence-corrected chi connectivity index (χ0v) is 42.6. The van der Waals surface area contributed by atoms with Gasteiger partial charge in [0.2, 0.25) is 0 Å². The van der Waals surface area contributed by atoms with Gasteiger partial charge in [0, 0.05) is 12.0 Å². The van der Waals surface area contributed by atoms with Crippen LogP contribution in [0.5, 0.6) is 0 Å². The van der Waals surface area contributed by atoms with Crippen LogP contribution < -0.4 is 0 Å². The normalized spacial score (nSPS) is 14.9. The van der Waals surface area contributed by atoms with Gasteiger partial charge in [0.05, 0.1) is 0 Å². The van der Waals surface area contributed by atoms with Crippen molar-refractivity contribution in [2.24, 2.45) is 11.8 Å². The number of Topliss-reactive ketones (excluding diaryl/α,β-unsaturated/α-hetero) is 1. The number of rotatable bonds is 28. The molecule has 0 spiro atoms. The SMILES string of the molecule is CC.CC.CC.CC(=O)C1CCCC(N(C)C)C1.CCC.CCCCC/C=C\C/C=C\CCCCCCCCC(C)CCCCCCCCC.CCCCCC. The maximum Gasteiger partial charge on any atom is 0.132 e. The second kappa shape index (κ2) is 65.9. The maximum atomic E-state index is 11.1. The summed E-state index contributed by atoms with van der Waals surface area (Å²) >= 11 is 0. The molecule has 0 aromatic heterocycles. The molecular formula is C54H115NO. The maximum absolute atomic E-state index is 11.1. The Balaban J connectivity index is -0.000000188. The van der Waals surface area contributed by atoms with E-state index in [1.165, 1.54) is 173 Å². The fourth-order valence-electron chi connectivity index (χ4n) is 6.58. The summed E-state index contributed by atoms with van der Waals surface area (Å²) in [6.07, 6.45) is 50.3. The summed E-state index contributed by atoms with van der Waals surface area (Å²) in [7, 11) is 4.21. The summed E-state index contributed by atoms with van der Waals surface area (Å²) in [6, 6.07) is 0.632. The topological polar surface area (TPSA) is 20.3 Å². The average molecular weight is 795 g/mol. The van der Waals surface area contributed by atoms with Gasteiger partial charge in [-0.3, -0.25) is 4.79 Å². The predicted octanol–water partition coefficient (Wildman–Crippen LogP) is 19.7. The van der Waals surface area contributed by atoms with Crippen LogP contribution in [0.4, 0.5) is 0 Å². The zero-order valence-electron chi connectivity index (χ0n) is 42.6. The number of nitrogens with zero attached hydrogens (tertiary/aromatic N) is 1. The Hall–Kier alpha value is -0.890. The lowest BCUT2D eigenvalue weighted by Gasteiger charge is -2.32. The van der Waals surface area contributed by atoms with E-state index in [9.17, 15) is 4.79 Å². The van der Waals surface area contributed by atoms with Gasteiger partial charge in [-0.1, -0.05) is 256 Å². The molecule has 1 aliphatic carbocycles. The van der Waals surface area contributed by atoms with Gasteiger partial charge < -0.3 is 4.90 Å². The van der Waals surface area contributed by atoms with Crippen molar-refractivity contribution in [3.05, 3.63) is 24.3 Å². The molecular weight excluding hydrogens is 679 g/mol. The fraction of sp³-hybridized carbons (Fsp3) is 0.907. The van der Waals surface area contributed by atoms with Crippen molar-refractivity contribution in [2.45, 2.75) is 296 Å². The molecule has 0 aromatic rings. The highest BCUT2D eigenvalue weighted by Crippen LogP contribution is 2.27. The fourth-order valence-corrected chi connectivity index (χ4v) is 6.58. The number of ketones is 1. The summed E-state index contributed by atoms with van der Waals surface area (Å²) in [4.78, 5) is 13.4. The molecule has 0 amide bonds. The molecule has 2 heteroatoms. The molecule has 0 heterocycles. The number of allylic oxidation sites excluding steroid dienone is 4. The highest BCUT2D eigenvalue weighted by molar-refractivity contribution is 5.78. The van der Waals surface area contributed by atoms with Crippen LogP contribution in [0.25, 0.3) is 0 Å². The lowest BCUT2D eigenvalue weighted by atomic mass is 9.83. The molecule has 1 rings (SSSR count). The Kier molecular flexibility index (Phi) is 78.8. The number of hydrogen-bond acceptors (Lipinski definition) is 2. The smallest absolute Gasteiger partial charge is 0.132 e. The van der Waals surface area contributed by atoms with Crippen LogP contribution in [0.2, 0.25) is 0 Å². The lowest BCUT2D eigenvalue weighted by molar-refractivity contribution is -0.122. The minimum absolute atomic E-state index is 0.339. The van der Waals surface area contributed by atoms with Gasteiger partial charge >= 0.3 is 0 Å². The molecule has 0 aromatic carbocycles. The van der Waals surface area contributed by atoms with E-state index in [-0.39, 0.29) is 0 Å². The number of carbonyl (C=O) groups excluding carboxylic acids is 1. The van der Waals surface area contributed by atoms with Crippen molar-refractivity contribution in [3.63, 3.8) is 0 Å². The van der Waals surface area contributed by atoms with Crippen LogP contribution in [-0.4, -0.2) is 30.8 Å². The Morgan fingerprint density at radius 2 is 0.875 bits per heavy atom. The largest absolute Gasteiger partial charge is 0.306 e. The van der Waals surface area contributed by atoms with Crippen LogP contribution >= 0.6 is 0 Å². The first-order valence-corrected chi connectivity index (χ1v) is 25.7. The van der Waals surface area contributed by atoms with Gasteiger partial charge in [0.25, 0.3) is 0 Å². The van der Waals surface area contributed by atoms with Gasteiger partial charge in [0.15, 0.2) is 0 Å². The molecule has 56 heavy (non-hydrogen) atoms. The van der Waals surface area contributed by atoms with Crippen LogP contribution in [0.3, 0.4) is 0 Å². The van der Waals surface area contributed by atoms with Crippen molar-refractivity contribution in [1.82, 2.24) is 4.90 Å². The van der Waals surface area contributed by atoms with Crippen LogP contribution in [0.15, 0.2) is 24.3 Å². The van der Waals surface area contributed by atoms with E-state index in [1.54, 1.807) is 6.92 Å². The molecule has 0 bridgehead atoms. The van der Waals surface area contributed by atoms with Crippen molar-refractivity contribution in [3.8, 4) is 0 Å². The van der Waals surface area contributed by atoms with E-state index in [0.29, 0.717) is 17.7 Å². The molecule has 3 unspecified atom stereocenters. The van der Waals surface area contributed by atoms with Gasteiger partial charge in [-0.15, -0.1) is 0 Å². The predicted molar refractivity (Wildman–Crippen MR) is 266 cm³/mol. The van der Waals surface area contributed by atoms with Crippen molar-refractivity contribution >= 4 is 5.78 Å². The Morgan fingerprint density at radius 3 is 1.27 bits per heavy atom. The molecule has 0 N–H and O–H groups in total. The van der Waals surface area contributed by atoms with Crippen molar-refractivity contribution in [2.75, 3.05) is 14.1 Å². The standard InChI is InChI=1S/C29H56.C10H19NO.C6H14.C3H8.3C2H6/c1-4-6-8-10-12-13-14-15-16-17-18-19-20-22-24-26-28-29(3)27-25-23-21-11-9-7-5-2;1-8(12)9-5-4-6-10(7-9)11(2)3;1-3-5-6-4-2;1-3-2;3*1-2/h12-13,15-16,29H,4-11,14,17-28H2,1-3H3;9-10H,4-7H2,1-3H3;3-6H2,1-2H3;3H2,1-2H3;3*1-2H3/b13-12-,16-15-;;;;;;. The first kappa shape index (κ1) is 66.9. The molecule has 0 saturated heterocycles. The summed E-state index contributed by atoms with van der Waals surface area (Å²) < 4.78 is 0. The highest BCUT2D eigenvalue weighted by atomic mass is 16.1. The average Bonchev–Trinajstić information content (AvgIpc) is 3.22. The van der Waals surface area contributed by atoms with Crippen LogP contribution in [-0.2, 0) is 4.79 Å². The van der Waals surface area contributed by atoms with E-state index in [4.69, 9.17) is 0 Å². The zero-order chi connectivity index (χ0) is 43.9. The second-order valence-electron chi connectivity index (χ2n) is 15.9. The van der Waals surface area contributed by atoms with Gasteiger partial charge in [0.1, 0.15) is 5.78 Å². The number of carbonyl (C=O) groups is 1. The van der Waals surface area contributed by atoms with Crippen LogP contribution in [0.1, 0.15) is 290 Å². The lowest BCUT2D eigenvalue weighted by Crippen LogP contribution is -2.34. The molecule has 3 atom stereocenters. The van der Waals surface area contributed by atoms with E-state index >= 15 is 0 Å². The molecule has 1 aliphatic rings. The van der Waals surface area contributed by atoms with Crippen LogP contribution in [0, 0.1) is 11.8 Å². The third-order valence-electron chi connectivity index (χ3n) is 10.1. The minimum Gasteiger partial charge on any atom is -0.306 e. The second-order valence-corrected chi connectivity index (χ2v) is 15.9. The molecule has 2 nitrogen and oxygen atoms in total. The molecule has 1 saturated carbocycles. The summed E-state index contributed by atoms with van der Waals surface area (Å²) in [5, 5.41) is 0. The summed E-state index contributed by atoms with van der Waals surface area (Å²) in [5.41, 5.74) is 0. The number of hydrogen-bond donors (Lipinski definition) is 0. The number of unbranched alkanes of at least 4 members (excludes halogenated alkanes) is 18. The van der Waals surface area contributed by atoms with E-state index in [0.717, 1.165) is 25.2 Å². The highest BCUT2D eigenvalue weighted by Gasteiger charge is 2.25. The van der Waals surface area contributed by atoms with Gasteiger partial charge in [-0.25, -0.2) is 0 Å². The van der Waals surface area contributed by atoms with Crippen molar-refractivity contribution in [1.29, 1.82) is 0 Å². The Labute approximate surface area is 360 Å². The Bertz CT molecular complexity index is 676. The quantitative estimate of drug-likeness (QED) is 0.0581.